The van der Waals surface area contributed by atoms with Crippen molar-refractivity contribution in [2.24, 2.45) is 0 Å². The van der Waals surface area contributed by atoms with Gasteiger partial charge in [-0.2, -0.15) is 13.2 Å². The molecule has 0 aromatic heterocycles. The van der Waals surface area contributed by atoms with Gasteiger partial charge in [0.25, 0.3) is 11.6 Å². The van der Waals surface area contributed by atoms with Crippen LogP contribution in [0.4, 0.5) is 24.5 Å². The van der Waals surface area contributed by atoms with E-state index in [1.165, 1.54) is 31.4 Å². The number of nitrogens with zero attached hydrogens (tertiary/aromatic N) is 1. The third-order valence-electron chi connectivity index (χ3n) is 3.18. The summed E-state index contributed by atoms with van der Waals surface area (Å²) in [6, 6.07) is 7.92. The maximum atomic E-state index is 12.6. The van der Waals surface area contributed by atoms with Crippen LogP contribution in [-0.4, -0.2) is 17.9 Å². The van der Waals surface area contributed by atoms with Crippen LogP contribution >= 0.6 is 0 Å². The van der Waals surface area contributed by atoms with E-state index in [1.54, 1.807) is 0 Å². The molecule has 2 rings (SSSR count). The highest BCUT2D eigenvalue weighted by Gasteiger charge is 2.33. The predicted molar refractivity (Wildman–Crippen MR) is 82.2 cm³/mol. The van der Waals surface area contributed by atoms with Gasteiger partial charge in [0.05, 0.1) is 17.6 Å². The van der Waals surface area contributed by atoms with Crippen LogP contribution in [-0.2, 0) is 6.18 Å². The second-order valence-corrected chi connectivity index (χ2v) is 4.79. The fraction of sp³-hybridized carbons (Fsp3) is 0.133. The van der Waals surface area contributed by atoms with E-state index >= 15 is 0 Å². The van der Waals surface area contributed by atoms with Crippen LogP contribution in [0.15, 0.2) is 42.5 Å². The first-order chi connectivity index (χ1) is 11.7. The number of halogens is 3. The SMILES string of the molecule is COc1ccc(C(=O)NNc2ccc(C(F)(F)F)cc2[N+](=O)[O-])cc1. The molecule has 10 heteroatoms. The Morgan fingerprint density at radius 1 is 1.16 bits per heavy atom. The molecular formula is C15H12F3N3O4. The zero-order valence-electron chi connectivity index (χ0n) is 12.8. The molecule has 2 aromatic carbocycles. The first-order valence-corrected chi connectivity index (χ1v) is 6.78. The highest BCUT2D eigenvalue weighted by atomic mass is 19.4. The monoisotopic (exact) mass is 355 g/mol. The molecule has 132 valence electrons. The van der Waals surface area contributed by atoms with Crippen molar-refractivity contribution in [3.8, 4) is 5.75 Å². The van der Waals surface area contributed by atoms with Gasteiger partial charge in [-0.1, -0.05) is 0 Å². The average Bonchev–Trinajstić information content (AvgIpc) is 2.58. The van der Waals surface area contributed by atoms with E-state index in [4.69, 9.17) is 4.74 Å². The van der Waals surface area contributed by atoms with E-state index < -0.39 is 28.3 Å². The fourth-order valence-electron chi connectivity index (χ4n) is 1.90. The van der Waals surface area contributed by atoms with Crippen LogP contribution in [0.2, 0.25) is 0 Å². The van der Waals surface area contributed by atoms with Crippen LogP contribution in [0.5, 0.6) is 5.75 Å². The lowest BCUT2D eigenvalue weighted by atomic mass is 10.1. The van der Waals surface area contributed by atoms with Crippen molar-refractivity contribution in [2.75, 3.05) is 12.5 Å². The number of alkyl halides is 3. The Labute approximate surface area is 139 Å². The van der Waals surface area contributed by atoms with Crippen LogP contribution in [0, 0.1) is 10.1 Å². The standard InChI is InChI=1S/C15H12F3N3O4/c1-25-11-5-2-9(3-6-11)14(22)20-19-12-7-4-10(15(16,17)18)8-13(12)21(23)24/h2-8,19H,1H3,(H,20,22). The number of nitrogens with one attached hydrogen (secondary N) is 2. The molecule has 0 saturated carbocycles. The third-order valence-corrected chi connectivity index (χ3v) is 3.18. The van der Waals surface area contributed by atoms with Crippen molar-refractivity contribution >= 4 is 17.3 Å². The van der Waals surface area contributed by atoms with E-state index in [0.717, 1.165) is 6.07 Å². The van der Waals surface area contributed by atoms with E-state index in [9.17, 15) is 28.1 Å². The van der Waals surface area contributed by atoms with Crippen molar-refractivity contribution in [1.82, 2.24) is 5.43 Å². The molecule has 2 N–H and O–H groups in total. The van der Waals surface area contributed by atoms with Crippen LogP contribution < -0.4 is 15.6 Å². The van der Waals surface area contributed by atoms with E-state index in [0.29, 0.717) is 17.9 Å². The van der Waals surface area contributed by atoms with Crippen molar-refractivity contribution < 1.29 is 27.6 Å². The molecule has 0 spiro atoms. The van der Waals surface area contributed by atoms with Gasteiger partial charge in [0, 0.05) is 11.6 Å². The first kappa shape index (κ1) is 18.0. The van der Waals surface area contributed by atoms with Crippen LogP contribution in [0.1, 0.15) is 15.9 Å². The van der Waals surface area contributed by atoms with Crippen molar-refractivity contribution in [1.29, 1.82) is 0 Å². The van der Waals surface area contributed by atoms with Gasteiger partial charge in [0.15, 0.2) is 0 Å². The summed E-state index contributed by atoms with van der Waals surface area (Å²) in [6.45, 7) is 0. The molecule has 0 atom stereocenters. The number of anilines is 1. The Morgan fingerprint density at radius 3 is 2.32 bits per heavy atom. The van der Waals surface area contributed by atoms with Gasteiger partial charge in [-0.25, -0.2) is 0 Å². The highest BCUT2D eigenvalue weighted by Crippen LogP contribution is 2.34. The number of hydrogen-bond acceptors (Lipinski definition) is 5. The Kier molecular flexibility index (Phi) is 5.11. The summed E-state index contributed by atoms with van der Waals surface area (Å²) >= 11 is 0. The number of rotatable bonds is 5. The predicted octanol–water partition coefficient (Wildman–Crippen LogP) is 3.38. The second kappa shape index (κ2) is 7.07. The Balaban J connectivity index is 2.16. The minimum absolute atomic E-state index is 0.225. The van der Waals surface area contributed by atoms with Crippen molar-refractivity contribution in [3.63, 3.8) is 0 Å². The van der Waals surface area contributed by atoms with Gasteiger partial charge in [-0.05, 0) is 36.4 Å². The van der Waals surface area contributed by atoms with Crippen LogP contribution in [0.25, 0.3) is 0 Å². The van der Waals surface area contributed by atoms with E-state index in [-0.39, 0.29) is 11.3 Å². The van der Waals surface area contributed by atoms with Gasteiger partial charge in [-0.3, -0.25) is 25.8 Å². The topological polar surface area (TPSA) is 93.5 Å². The number of benzene rings is 2. The van der Waals surface area contributed by atoms with Gasteiger partial charge < -0.3 is 4.74 Å². The molecule has 0 unspecified atom stereocenters. The summed E-state index contributed by atoms with van der Waals surface area (Å²) in [6.07, 6.45) is -4.71. The number of methoxy groups -OCH3 is 1. The van der Waals surface area contributed by atoms with Crippen molar-refractivity contribution in [3.05, 3.63) is 63.7 Å². The molecule has 7 nitrogen and oxygen atoms in total. The molecule has 0 radical (unpaired) electrons. The number of ether oxygens (including phenoxy) is 1. The minimum Gasteiger partial charge on any atom is -0.497 e. The number of hydrazine groups is 1. The Bertz CT molecular complexity index is 792. The largest absolute Gasteiger partial charge is 0.497 e. The Morgan fingerprint density at radius 2 is 1.80 bits per heavy atom. The van der Waals surface area contributed by atoms with Crippen LogP contribution in [0.3, 0.4) is 0 Å². The lowest BCUT2D eigenvalue weighted by Crippen LogP contribution is -2.29. The smallest absolute Gasteiger partial charge is 0.416 e. The number of hydrogen-bond donors (Lipinski definition) is 2. The van der Waals surface area contributed by atoms with E-state index in [1.807, 2.05) is 0 Å². The summed E-state index contributed by atoms with van der Waals surface area (Å²) in [5.41, 5.74) is 2.42. The first-order valence-electron chi connectivity index (χ1n) is 6.78. The molecule has 2 aromatic rings. The maximum Gasteiger partial charge on any atom is 0.416 e. The molecule has 0 fully saturated rings. The zero-order valence-corrected chi connectivity index (χ0v) is 12.8. The lowest BCUT2D eigenvalue weighted by Gasteiger charge is -2.11. The second-order valence-electron chi connectivity index (χ2n) is 4.79. The highest BCUT2D eigenvalue weighted by molar-refractivity contribution is 5.95. The summed E-state index contributed by atoms with van der Waals surface area (Å²) in [7, 11) is 1.46. The molecule has 0 bridgehead atoms. The minimum atomic E-state index is -4.71. The average molecular weight is 355 g/mol. The lowest BCUT2D eigenvalue weighted by molar-refractivity contribution is -0.384. The number of amides is 1. The number of nitro benzene ring substituents is 1. The van der Waals surface area contributed by atoms with E-state index in [2.05, 4.69) is 10.9 Å². The summed E-state index contributed by atoms with van der Waals surface area (Å²) in [5, 5.41) is 11.0. The zero-order chi connectivity index (χ0) is 18.6. The number of carbonyl (C=O) groups excluding carboxylic acids is 1. The normalized spacial score (nSPS) is 10.9. The van der Waals surface area contributed by atoms with Gasteiger partial charge in [0.2, 0.25) is 0 Å². The molecule has 0 aliphatic rings. The third kappa shape index (κ3) is 4.37. The molecule has 0 aliphatic carbocycles. The molecule has 1 amide bonds. The van der Waals surface area contributed by atoms with Gasteiger partial charge in [0.1, 0.15) is 11.4 Å². The molecule has 0 heterocycles. The quantitative estimate of drug-likeness (QED) is 0.633. The number of nitro groups is 1. The van der Waals surface area contributed by atoms with Gasteiger partial charge in [-0.15, -0.1) is 0 Å². The number of carbonyl (C=O) groups is 1. The summed E-state index contributed by atoms with van der Waals surface area (Å²) in [4.78, 5) is 21.9. The molecule has 25 heavy (non-hydrogen) atoms. The Hall–Kier alpha value is -3.30. The molecule has 0 saturated heterocycles. The maximum absolute atomic E-state index is 12.6. The van der Waals surface area contributed by atoms with Crippen molar-refractivity contribution in [2.45, 2.75) is 6.18 Å². The summed E-state index contributed by atoms with van der Waals surface area (Å²) in [5.74, 6) is -0.0975. The van der Waals surface area contributed by atoms with Gasteiger partial charge >= 0.3 is 6.18 Å². The molecule has 0 aliphatic heterocycles. The molecular weight excluding hydrogens is 343 g/mol. The summed E-state index contributed by atoms with van der Waals surface area (Å²) < 4.78 is 42.9. The fourth-order valence-corrected chi connectivity index (χ4v) is 1.90.